The van der Waals surface area contributed by atoms with Crippen LogP contribution in [0.4, 0.5) is 5.69 Å². The first-order valence-electron chi connectivity index (χ1n) is 9.98. The molecule has 0 aliphatic heterocycles. The summed E-state index contributed by atoms with van der Waals surface area (Å²) in [6.07, 6.45) is 8.14. The van der Waals surface area contributed by atoms with Gasteiger partial charge in [0.15, 0.2) is 0 Å². The van der Waals surface area contributed by atoms with Crippen molar-refractivity contribution in [3.63, 3.8) is 0 Å². The smallest absolute Gasteiger partial charge is 0.368 e. The first-order valence-corrected chi connectivity index (χ1v) is 9.98. The highest BCUT2D eigenvalue weighted by atomic mass is 16.3. The molecule has 1 atom stereocenters. The largest absolute Gasteiger partial charge is 0.467 e. The summed E-state index contributed by atoms with van der Waals surface area (Å²) in [5.41, 5.74) is 0.575. The fraction of sp³-hybridized carbons (Fsp3) is 0.286. The average Bonchev–Trinajstić information content (AvgIpc) is 3.44. The van der Waals surface area contributed by atoms with Crippen LogP contribution in [-0.2, 0) is 22.7 Å². The van der Waals surface area contributed by atoms with Crippen LogP contribution in [0.2, 0.25) is 0 Å². The number of tetrazole rings is 1. The number of nitrogens with zero attached hydrogens (tertiary/aromatic N) is 4. The van der Waals surface area contributed by atoms with Crippen LogP contribution in [0.25, 0.3) is 5.69 Å². The third-order valence-electron chi connectivity index (χ3n) is 4.99. The lowest BCUT2D eigenvalue weighted by Gasteiger charge is -2.17. The SMILES string of the molecule is O=C(Cn1nnn(-c2ccc(NC(=O)C3CC=CCC3)cc2)c1=O)NCc1ccco1. The van der Waals surface area contributed by atoms with E-state index in [1.165, 1.54) is 6.26 Å². The molecule has 3 aromatic rings. The van der Waals surface area contributed by atoms with Crippen molar-refractivity contribution in [1.82, 2.24) is 25.1 Å². The van der Waals surface area contributed by atoms with Crippen LogP contribution in [0.1, 0.15) is 25.0 Å². The van der Waals surface area contributed by atoms with Crippen molar-refractivity contribution in [3.05, 3.63) is 71.1 Å². The Hall–Kier alpha value is -3.95. The van der Waals surface area contributed by atoms with Crippen molar-refractivity contribution in [2.24, 2.45) is 5.92 Å². The van der Waals surface area contributed by atoms with Gasteiger partial charge in [-0.1, -0.05) is 12.2 Å². The van der Waals surface area contributed by atoms with E-state index in [9.17, 15) is 14.4 Å². The van der Waals surface area contributed by atoms with Crippen LogP contribution in [0.15, 0.2) is 64.0 Å². The fourth-order valence-corrected chi connectivity index (χ4v) is 3.29. The van der Waals surface area contributed by atoms with E-state index in [2.05, 4.69) is 27.1 Å². The summed E-state index contributed by atoms with van der Waals surface area (Å²) in [4.78, 5) is 36.9. The van der Waals surface area contributed by atoms with Crippen LogP contribution in [-0.4, -0.2) is 31.6 Å². The van der Waals surface area contributed by atoms with Crippen LogP contribution in [0, 0.1) is 5.92 Å². The number of nitrogens with one attached hydrogen (secondary N) is 2. The van der Waals surface area contributed by atoms with Crippen LogP contribution < -0.4 is 16.3 Å². The van der Waals surface area contributed by atoms with Crippen LogP contribution >= 0.6 is 0 Å². The van der Waals surface area contributed by atoms with Crippen molar-refractivity contribution >= 4 is 17.5 Å². The van der Waals surface area contributed by atoms with Crippen LogP contribution in [0.3, 0.4) is 0 Å². The number of hydrogen-bond acceptors (Lipinski definition) is 6. The molecule has 0 radical (unpaired) electrons. The predicted molar refractivity (Wildman–Crippen MR) is 111 cm³/mol. The zero-order valence-corrected chi connectivity index (χ0v) is 16.7. The molecule has 0 saturated carbocycles. The Balaban J connectivity index is 1.36. The van der Waals surface area contributed by atoms with Gasteiger partial charge in [-0.05, 0) is 66.1 Å². The second kappa shape index (κ2) is 9.24. The number of carbonyl (C=O) groups is 2. The number of anilines is 1. The Morgan fingerprint density at radius 2 is 1.97 bits per heavy atom. The topological polar surface area (TPSA) is 124 Å². The minimum Gasteiger partial charge on any atom is -0.467 e. The van der Waals surface area contributed by atoms with Gasteiger partial charge in [-0.3, -0.25) is 9.59 Å². The van der Waals surface area contributed by atoms with Gasteiger partial charge >= 0.3 is 5.69 Å². The number of amides is 2. The van der Waals surface area contributed by atoms with Gasteiger partial charge in [-0.25, -0.2) is 4.79 Å². The molecule has 4 rings (SSSR count). The number of hydrogen-bond donors (Lipinski definition) is 2. The molecule has 2 aromatic heterocycles. The number of aromatic nitrogens is 4. The first kappa shape index (κ1) is 20.3. The Bertz CT molecular complexity index is 1130. The molecule has 2 N–H and O–H groups in total. The van der Waals surface area contributed by atoms with Crippen LogP contribution in [0.5, 0.6) is 0 Å². The molecule has 1 unspecified atom stereocenters. The van der Waals surface area contributed by atoms with E-state index in [0.717, 1.165) is 28.6 Å². The second-order valence-corrected chi connectivity index (χ2v) is 7.20. The summed E-state index contributed by atoms with van der Waals surface area (Å²) in [7, 11) is 0. The van der Waals surface area contributed by atoms with Gasteiger partial charge in [0.05, 0.1) is 18.5 Å². The van der Waals surface area contributed by atoms with Gasteiger partial charge in [0.25, 0.3) is 0 Å². The van der Waals surface area contributed by atoms with E-state index in [1.807, 2.05) is 6.08 Å². The number of rotatable bonds is 7. The Labute approximate surface area is 177 Å². The van der Waals surface area contributed by atoms with Crippen molar-refractivity contribution in [3.8, 4) is 5.69 Å². The summed E-state index contributed by atoms with van der Waals surface area (Å²) in [6.45, 7) is -0.0391. The maximum atomic E-state index is 12.5. The molecule has 0 saturated heterocycles. The van der Waals surface area contributed by atoms with Crippen molar-refractivity contribution in [2.75, 3.05) is 5.32 Å². The minimum atomic E-state index is -0.543. The number of carbonyl (C=O) groups excluding carboxylic acids is 2. The van der Waals surface area contributed by atoms with E-state index >= 15 is 0 Å². The molecule has 1 aromatic carbocycles. The molecule has 0 spiro atoms. The summed E-state index contributed by atoms with van der Waals surface area (Å²) in [6, 6.07) is 10.2. The van der Waals surface area contributed by atoms with Crippen molar-refractivity contribution < 1.29 is 14.0 Å². The Kier molecular flexibility index (Phi) is 6.06. The molecule has 1 aliphatic rings. The van der Waals surface area contributed by atoms with E-state index in [1.54, 1.807) is 36.4 Å². The molecule has 10 heteroatoms. The van der Waals surface area contributed by atoms with Gasteiger partial charge in [-0.15, -0.1) is 0 Å². The summed E-state index contributed by atoms with van der Waals surface area (Å²) < 4.78 is 7.21. The molecular weight excluding hydrogens is 400 g/mol. The van der Waals surface area contributed by atoms with E-state index in [4.69, 9.17) is 4.42 Å². The third-order valence-corrected chi connectivity index (χ3v) is 4.99. The predicted octanol–water partition coefficient (Wildman–Crippen LogP) is 1.63. The first-order chi connectivity index (χ1) is 15.1. The van der Waals surface area contributed by atoms with Gasteiger partial charge in [-0.2, -0.15) is 9.36 Å². The molecule has 31 heavy (non-hydrogen) atoms. The van der Waals surface area contributed by atoms with Gasteiger partial charge in [0, 0.05) is 11.6 Å². The number of allylic oxidation sites excluding steroid dienone is 2. The second-order valence-electron chi connectivity index (χ2n) is 7.20. The highest BCUT2D eigenvalue weighted by molar-refractivity contribution is 5.92. The summed E-state index contributed by atoms with van der Waals surface area (Å²) in [5, 5.41) is 13.2. The Morgan fingerprint density at radius 3 is 2.68 bits per heavy atom. The highest BCUT2D eigenvalue weighted by Crippen LogP contribution is 2.20. The summed E-state index contributed by atoms with van der Waals surface area (Å²) >= 11 is 0. The maximum Gasteiger partial charge on any atom is 0.368 e. The van der Waals surface area contributed by atoms with E-state index < -0.39 is 5.69 Å². The standard InChI is InChI=1S/C21H22N6O4/c28-19(22-13-18-7-4-12-31-18)14-26-21(30)27(25-24-26)17-10-8-16(9-11-17)23-20(29)15-5-2-1-3-6-15/h1-2,4,7-12,15H,3,5-6,13-14H2,(H,22,28)(H,23,29). The highest BCUT2D eigenvalue weighted by Gasteiger charge is 2.19. The lowest BCUT2D eigenvalue weighted by molar-refractivity contribution is -0.122. The Morgan fingerprint density at radius 1 is 1.13 bits per heavy atom. The van der Waals surface area contributed by atoms with Gasteiger partial charge in [0.2, 0.25) is 11.8 Å². The quantitative estimate of drug-likeness (QED) is 0.558. The molecule has 0 fully saturated rings. The monoisotopic (exact) mass is 422 g/mol. The lowest BCUT2D eigenvalue weighted by atomic mass is 9.93. The molecule has 10 nitrogen and oxygen atoms in total. The zero-order chi connectivity index (χ0) is 21.6. The zero-order valence-electron chi connectivity index (χ0n) is 16.7. The normalized spacial score (nSPS) is 15.5. The number of furan rings is 1. The van der Waals surface area contributed by atoms with Gasteiger partial charge < -0.3 is 15.1 Å². The van der Waals surface area contributed by atoms with E-state index in [-0.39, 0.29) is 30.8 Å². The fourth-order valence-electron chi connectivity index (χ4n) is 3.29. The molecule has 2 amide bonds. The minimum absolute atomic E-state index is 0.0132. The van der Waals surface area contributed by atoms with Crippen molar-refractivity contribution in [2.45, 2.75) is 32.4 Å². The lowest BCUT2D eigenvalue weighted by Crippen LogP contribution is -2.33. The third kappa shape index (κ3) is 4.97. The van der Waals surface area contributed by atoms with E-state index in [0.29, 0.717) is 17.1 Å². The molecule has 2 heterocycles. The maximum absolute atomic E-state index is 12.5. The van der Waals surface area contributed by atoms with Gasteiger partial charge in [0.1, 0.15) is 12.3 Å². The average molecular weight is 422 g/mol. The van der Waals surface area contributed by atoms with Crippen molar-refractivity contribution in [1.29, 1.82) is 0 Å². The molecule has 1 aliphatic carbocycles. The summed E-state index contributed by atoms with van der Waals surface area (Å²) in [5.74, 6) is 0.185. The molecular formula is C21H22N6O4. The number of benzene rings is 1. The molecule has 0 bridgehead atoms. The molecule has 160 valence electrons.